The Kier molecular flexibility index (Phi) is 6.22. The molecule has 1 aliphatic rings. The van der Waals surface area contributed by atoms with Gasteiger partial charge in [0.1, 0.15) is 0 Å². The van der Waals surface area contributed by atoms with Gasteiger partial charge in [-0.05, 0) is 26.0 Å². The van der Waals surface area contributed by atoms with Crippen molar-refractivity contribution in [1.29, 1.82) is 0 Å². The summed E-state index contributed by atoms with van der Waals surface area (Å²) in [5, 5.41) is 16.2. The van der Waals surface area contributed by atoms with Gasteiger partial charge < -0.3 is 9.47 Å². The van der Waals surface area contributed by atoms with Gasteiger partial charge in [-0.1, -0.05) is 0 Å². The van der Waals surface area contributed by atoms with Gasteiger partial charge in [-0.25, -0.2) is 4.98 Å². The average Bonchev–Trinajstić information content (AvgIpc) is 3.06. The van der Waals surface area contributed by atoms with Gasteiger partial charge >= 0.3 is 5.69 Å². The van der Waals surface area contributed by atoms with E-state index in [2.05, 4.69) is 15.2 Å². The maximum Gasteiger partial charge on any atom is 0.311 e. The summed E-state index contributed by atoms with van der Waals surface area (Å²) in [5.41, 5.74) is 0.771. The molecule has 0 spiro atoms. The predicted molar refractivity (Wildman–Crippen MR) is 105 cm³/mol. The van der Waals surface area contributed by atoms with Crippen LogP contribution in [0.25, 0.3) is 0 Å². The molecule has 150 valence electrons. The van der Waals surface area contributed by atoms with Gasteiger partial charge in [0.2, 0.25) is 0 Å². The molecule has 0 radical (unpaired) electrons. The molecule has 1 fully saturated rings. The van der Waals surface area contributed by atoms with Crippen LogP contribution in [-0.2, 0) is 11.3 Å². The molecule has 2 aromatic rings. The minimum Gasteiger partial charge on any atom is -0.490 e. The third kappa shape index (κ3) is 4.83. The van der Waals surface area contributed by atoms with E-state index in [0.29, 0.717) is 11.7 Å². The number of carbonyl (C=O) groups excluding carboxylic acids is 1. The number of nitro benzene ring substituents is 1. The van der Waals surface area contributed by atoms with Crippen LogP contribution in [0.15, 0.2) is 23.6 Å². The van der Waals surface area contributed by atoms with Crippen molar-refractivity contribution in [3.63, 3.8) is 0 Å². The van der Waals surface area contributed by atoms with Crippen molar-refractivity contribution in [1.82, 2.24) is 9.88 Å². The molecule has 10 heteroatoms. The van der Waals surface area contributed by atoms with E-state index in [0.717, 1.165) is 18.8 Å². The van der Waals surface area contributed by atoms with Gasteiger partial charge in [0, 0.05) is 36.6 Å². The summed E-state index contributed by atoms with van der Waals surface area (Å²) in [6, 6.07) is 4.08. The van der Waals surface area contributed by atoms with Gasteiger partial charge in [0.15, 0.2) is 10.9 Å². The number of aromatic nitrogens is 1. The SMILES string of the molecule is COc1ccc(C(=O)Nc2nc(CN3C[C@H](C)O[C@@H](C)C3)cs2)cc1[N+](=O)[O-]. The van der Waals surface area contributed by atoms with Crippen LogP contribution in [-0.4, -0.2) is 53.1 Å². The molecule has 1 amide bonds. The molecule has 0 unspecified atom stereocenters. The summed E-state index contributed by atoms with van der Waals surface area (Å²) >= 11 is 1.32. The normalized spacial score (nSPS) is 20.0. The van der Waals surface area contributed by atoms with E-state index in [-0.39, 0.29) is 29.2 Å². The maximum atomic E-state index is 12.4. The van der Waals surface area contributed by atoms with E-state index in [9.17, 15) is 14.9 Å². The van der Waals surface area contributed by atoms with Crippen LogP contribution in [0, 0.1) is 10.1 Å². The standard InChI is InChI=1S/C18H22N4O5S/c1-11-7-21(8-12(2)27-11)9-14-10-28-18(19-14)20-17(23)13-4-5-16(26-3)15(6-13)22(24)25/h4-6,10-12H,7-9H2,1-3H3,(H,19,20,23)/t11-,12-/m0/s1. The summed E-state index contributed by atoms with van der Waals surface area (Å²) in [6.07, 6.45) is 0.347. The molecule has 28 heavy (non-hydrogen) atoms. The molecule has 2 atom stereocenters. The van der Waals surface area contributed by atoms with Crippen molar-refractivity contribution in [3.8, 4) is 5.75 Å². The van der Waals surface area contributed by atoms with Crippen molar-refractivity contribution in [3.05, 3.63) is 45.0 Å². The monoisotopic (exact) mass is 406 g/mol. The summed E-state index contributed by atoms with van der Waals surface area (Å²) < 4.78 is 10.7. The van der Waals surface area contributed by atoms with Crippen molar-refractivity contribution in [2.24, 2.45) is 0 Å². The number of carbonyl (C=O) groups is 1. The Hall–Kier alpha value is -2.56. The number of rotatable bonds is 6. The van der Waals surface area contributed by atoms with Gasteiger partial charge in [-0.15, -0.1) is 11.3 Å². The second-order valence-corrected chi connectivity index (χ2v) is 7.55. The lowest BCUT2D eigenvalue weighted by Gasteiger charge is -2.34. The van der Waals surface area contributed by atoms with Crippen LogP contribution in [0.1, 0.15) is 29.9 Å². The highest BCUT2D eigenvalue weighted by atomic mass is 32.1. The summed E-state index contributed by atoms with van der Waals surface area (Å²) in [5.74, 6) is -0.354. The van der Waals surface area contributed by atoms with Crippen LogP contribution in [0.5, 0.6) is 5.75 Å². The Balaban J connectivity index is 1.65. The lowest BCUT2D eigenvalue weighted by atomic mass is 10.2. The predicted octanol–water partition coefficient (Wildman–Crippen LogP) is 2.92. The number of hydrogen-bond donors (Lipinski definition) is 1. The van der Waals surface area contributed by atoms with Crippen LogP contribution < -0.4 is 10.1 Å². The number of benzene rings is 1. The van der Waals surface area contributed by atoms with Gasteiger partial charge in [0.05, 0.1) is 29.9 Å². The topological polar surface area (TPSA) is 107 Å². The number of hydrogen-bond acceptors (Lipinski definition) is 8. The zero-order chi connectivity index (χ0) is 20.3. The number of anilines is 1. The first kappa shape index (κ1) is 20.2. The number of nitro groups is 1. The number of amides is 1. The minimum atomic E-state index is -0.582. The molecule has 2 heterocycles. The Morgan fingerprint density at radius 3 is 2.79 bits per heavy atom. The van der Waals surface area contributed by atoms with E-state index < -0.39 is 10.8 Å². The molecule has 1 aliphatic heterocycles. The van der Waals surface area contributed by atoms with Gasteiger partial charge in [0.25, 0.3) is 5.91 Å². The molecule has 1 saturated heterocycles. The molecule has 9 nitrogen and oxygen atoms in total. The third-order valence-corrected chi connectivity index (χ3v) is 5.10. The number of morpholine rings is 1. The second kappa shape index (κ2) is 8.63. The highest BCUT2D eigenvalue weighted by molar-refractivity contribution is 7.13. The van der Waals surface area contributed by atoms with Crippen LogP contribution >= 0.6 is 11.3 Å². The Morgan fingerprint density at radius 2 is 2.14 bits per heavy atom. The van der Waals surface area contributed by atoms with Crippen molar-refractivity contribution < 1.29 is 19.2 Å². The largest absolute Gasteiger partial charge is 0.490 e. The molecule has 3 rings (SSSR count). The molecule has 0 bridgehead atoms. The lowest BCUT2D eigenvalue weighted by Crippen LogP contribution is -2.44. The zero-order valence-corrected chi connectivity index (χ0v) is 16.7. The lowest BCUT2D eigenvalue weighted by molar-refractivity contribution is -0.385. The summed E-state index contributed by atoms with van der Waals surface area (Å²) in [4.78, 5) is 29.7. The van der Waals surface area contributed by atoms with Crippen LogP contribution in [0.2, 0.25) is 0 Å². The number of methoxy groups -OCH3 is 1. The molecular weight excluding hydrogens is 384 g/mol. The fourth-order valence-electron chi connectivity index (χ4n) is 3.22. The van der Waals surface area contributed by atoms with E-state index >= 15 is 0 Å². The first-order valence-electron chi connectivity index (χ1n) is 8.81. The van der Waals surface area contributed by atoms with E-state index in [4.69, 9.17) is 9.47 Å². The maximum absolute atomic E-state index is 12.4. The highest BCUT2D eigenvalue weighted by Crippen LogP contribution is 2.28. The number of thiazole rings is 1. The smallest absolute Gasteiger partial charge is 0.311 e. The molecule has 1 N–H and O–H groups in total. The molecule has 1 aromatic heterocycles. The third-order valence-electron chi connectivity index (χ3n) is 4.29. The Morgan fingerprint density at radius 1 is 1.43 bits per heavy atom. The van der Waals surface area contributed by atoms with Crippen LogP contribution in [0.4, 0.5) is 10.8 Å². The quantitative estimate of drug-likeness (QED) is 0.580. The van der Waals surface area contributed by atoms with Gasteiger partial charge in [-0.2, -0.15) is 0 Å². The molecule has 1 aromatic carbocycles. The van der Waals surface area contributed by atoms with E-state index in [1.165, 1.54) is 36.6 Å². The van der Waals surface area contributed by atoms with E-state index in [1.807, 2.05) is 19.2 Å². The Bertz CT molecular complexity index is 861. The fourth-order valence-corrected chi connectivity index (χ4v) is 3.92. The van der Waals surface area contributed by atoms with Crippen molar-refractivity contribution in [2.45, 2.75) is 32.6 Å². The van der Waals surface area contributed by atoms with Crippen LogP contribution in [0.3, 0.4) is 0 Å². The number of ether oxygens (including phenoxy) is 2. The van der Waals surface area contributed by atoms with Crippen molar-refractivity contribution >= 4 is 28.1 Å². The van der Waals surface area contributed by atoms with Gasteiger partial charge in [-0.3, -0.25) is 25.1 Å². The van der Waals surface area contributed by atoms with E-state index in [1.54, 1.807) is 0 Å². The average molecular weight is 406 g/mol. The molecular formula is C18H22N4O5S. The first-order valence-corrected chi connectivity index (χ1v) is 9.69. The fraction of sp³-hybridized carbons (Fsp3) is 0.444. The summed E-state index contributed by atoms with van der Waals surface area (Å²) in [7, 11) is 1.34. The second-order valence-electron chi connectivity index (χ2n) is 6.69. The minimum absolute atomic E-state index is 0.104. The number of nitrogens with zero attached hydrogens (tertiary/aromatic N) is 3. The molecule has 0 saturated carbocycles. The van der Waals surface area contributed by atoms with Crippen molar-refractivity contribution in [2.75, 3.05) is 25.5 Å². The Labute approximate surface area is 166 Å². The zero-order valence-electron chi connectivity index (χ0n) is 15.9. The highest BCUT2D eigenvalue weighted by Gasteiger charge is 2.23. The molecule has 0 aliphatic carbocycles. The number of nitrogens with one attached hydrogen (secondary N) is 1. The summed E-state index contributed by atoms with van der Waals surface area (Å²) in [6.45, 7) is 6.43. The first-order chi connectivity index (χ1) is 13.4.